The Morgan fingerprint density at radius 1 is 1.07 bits per heavy atom. The average Bonchev–Trinajstić information content (AvgIpc) is 3.11. The molecule has 0 unspecified atom stereocenters. The van der Waals surface area contributed by atoms with Crippen molar-refractivity contribution in [3.63, 3.8) is 0 Å². The first-order valence-electron chi connectivity index (χ1n) is 8.92. The van der Waals surface area contributed by atoms with Gasteiger partial charge in [0.05, 0.1) is 10.8 Å². The van der Waals surface area contributed by atoms with E-state index in [0.29, 0.717) is 39.9 Å². The van der Waals surface area contributed by atoms with Gasteiger partial charge in [-0.25, -0.2) is 0 Å². The highest BCUT2D eigenvalue weighted by molar-refractivity contribution is 7.99. The third-order valence-electron chi connectivity index (χ3n) is 4.26. The molecule has 1 amide bonds. The lowest BCUT2D eigenvalue weighted by molar-refractivity contribution is -0.127. The summed E-state index contributed by atoms with van der Waals surface area (Å²) in [5.74, 6) is 0.968. The second kappa shape index (κ2) is 9.45. The van der Waals surface area contributed by atoms with Gasteiger partial charge in [0.25, 0.3) is 0 Å². The van der Waals surface area contributed by atoms with Gasteiger partial charge in [-0.2, -0.15) is 0 Å². The van der Waals surface area contributed by atoms with Crippen LogP contribution in [0.15, 0.2) is 53.7 Å². The van der Waals surface area contributed by atoms with E-state index in [-0.39, 0.29) is 5.91 Å². The molecular formula is C20H20Cl2N4OS. The van der Waals surface area contributed by atoms with Gasteiger partial charge in [-0.3, -0.25) is 9.36 Å². The molecule has 0 saturated carbocycles. The Bertz CT molecular complexity index is 958. The molecule has 3 rings (SSSR count). The number of para-hydroxylation sites is 1. The quantitative estimate of drug-likeness (QED) is 0.479. The van der Waals surface area contributed by atoms with Crippen LogP contribution in [0.4, 0.5) is 0 Å². The van der Waals surface area contributed by atoms with Crippen molar-refractivity contribution in [3.05, 3.63) is 58.6 Å². The van der Waals surface area contributed by atoms with Crippen LogP contribution in [0.1, 0.15) is 13.8 Å². The molecule has 0 radical (unpaired) electrons. The maximum absolute atomic E-state index is 12.4. The van der Waals surface area contributed by atoms with Crippen LogP contribution in [-0.4, -0.2) is 44.4 Å². The van der Waals surface area contributed by atoms with E-state index in [9.17, 15) is 4.79 Å². The summed E-state index contributed by atoms with van der Waals surface area (Å²) in [6.45, 7) is 5.32. The lowest BCUT2D eigenvalue weighted by atomic mass is 10.2. The van der Waals surface area contributed by atoms with Crippen LogP contribution >= 0.6 is 35.0 Å². The summed E-state index contributed by atoms with van der Waals surface area (Å²) in [6.07, 6.45) is 0. The minimum atomic E-state index is 0.0729. The Hall–Kier alpha value is -2.02. The number of hydrogen-bond acceptors (Lipinski definition) is 4. The molecule has 8 heteroatoms. The van der Waals surface area contributed by atoms with E-state index in [2.05, 4.69) is 10.2 Å². The Kier molecular flexibility index (Phi) is 6.99. The summed E-state index contributed by atoms with van der Waals surface area (Å²) < 4.78 is 1.91. The van der Waals surface area contributed by atoms with Crippen molar-refractivity contribution in [2.75, 3.05) is 18.8 Å². The monoisotopic (exact) mass is 434 g/mol. The van der Waals surface area contributed by atoms with Crippen molar-refractivity contribution in [2.24, 2.45) is 0 Å². The van der Waals surface area contributed by atoms with E-state index >= 15 is 0 Å². The highest BCUT2D eigenvalue weighted by atomic mass is 35.5. The molecule has 0 N–H and O–H groups in total. The number of aromatic nitrogens is 3. The Labute approximate surface area is 178 Å². The number of carbonyl (C=O) groups is 1. The van der Waals surface area contributed by atoms with E-state index in [1.165, 1.54) is 11.8 Å². The van der Waals surface area contributed by atoms with Crippen LogP contribution in [-0.2, 0) is 4.79 Å². The van der Waals surface area contributed by atoms with Gasteiger partial charge in [0.1, 0.15) is 0 Å². The predicted molar refractivity (Wildman–Crippen MR) is 115 cm³/mol. The molecule has 0 spiro atoms. The third kappa shape index (κ3) is 4.51. The Morgan fingerprint density at radius 2 is 1.79 bits per heavy atom. The third-order valence-corrected chi connectivity index (χ3v) is 5.72. The smallest absolute Gasteiger partial charge is 0.233 e. The zero-order valence-corrected chi connectivity index (χ0v) is 17.9. The Balaban J connectivity index is 2.00. The first-order chi connectivity index (χ1) is 13.5. The van der Waals surface area contributed by atoms with Crippen molar-refractivity contribution in [1.29, 1.82) is 0 Å². The van der Waals surface area contributed by atoms with E-state index < -0.39 is 0 Å². The van der Waals surface area contributed by atoms with Gasteiger partial charge in [0.2, 0.25) is 5.91 Å². The number of hydrogen-bond donors (Lipinski definition) is 0. The van der Waals surface area contributed by atoms with E-state index in [4.69, 9.17) is 23.2 Å². The summed E-state index contributed by atoms with van der Waals surface area (Å²) in [4.78, 5) is 14.2. The number of nitrogens with zero attached hydrogens (tertiary/aromatic N) is 4. The predicted octanol–water partition coefficient (Wildman–Crippen LogP) is 5.20. The number of thioether (sulfide) groups is 1. The van der Waals surface area contributed by atoms with Crippen molar-refractivity contribution in [3.8, 4) is 17.1 Å². The van der Waals surface area contributed by atoms with Crippen molar-refractivity contribution in [1.82, 2.24) is 19.7 Å². The number of carbonyl (C=O) groups excluding carboxylic acids is 1. The van der Waals surface area contributed by atoms with E-state index in [0.717, 1.165) is 11.3 Å². The molecular weight excluding hydrogens is 415 g/mol. The van der Waals surface area contributed by atoms with Gasteiger partial charge < -0.3 is 4.90 Å². The molecule has 0 fully saturated rings. The van der Waals surface area contributed by atoms with Gasteiger partial charge in [0, 0.05) is 29.4 Å². The molecule has 3 aromatic rings. The Morgan fingerprint density at radius 3 is 2.43 bits per heavy atom. The lowest BCUT2D eigenvalue weighted by Gasteiger charge is -2.18. The summed E-state index contributed by atoms with van der Waals surface area (Å²) in [6, 6.07) is 15.0. The summed E-state index contributed by atoms with van der Waals surface area (Å²) in [5, 5.41) is 10.4. The van der Waals surface area contributed by atoms with Crippen LogP contribution in [0.2, 0.25) is 10.0 Å². The molecule has 0 aliphatic carbocycles. The fourth-order valence-corrected chi connectivity index (χ4v) is 4.16. The van der Waals surface area contributed by atoms with Gasteiger partial charge in [0.15, 0.2) is 11.0 Å². The van der Waals surface area contributed by atoms with Gasteiger partial charge in [-0.05, 0) is 44.2 Å². The second-order valence-electron chi connectivity index (χ2n) is 5.96. The summed E-state index contributed by atoms with van der Waals surface area (Å²) in [7, 11) is 0. The topological polar surface area (TPSA) is 51.0 Å². The van der Waals surface area contributed by atoms with Crippen LogP contribution in [0.5, 0.6) is 0 Å². The first-order valence-corrected chi connectivity index (χ1v) is 10.7. The number of rotatable bonds is 7. The molecule has 0 saturated heterocycles. The lowest BCUT2D eigenvalue weighted by Crippen LogP contribution is -2.31. The van der Waals surface area contributed by atoms with Crippen LogP contribution in [0.3, 0.4) is 0 Å². The van der Waals surface area contributed by atoms with Crippen LogP contribution in [0.25, 0.3) is 17.1 Å². The molecule has 146 valence electrons. The zero-order chi connectivity index (χ0) is 20.1. The molecule has 0 aliphatic heterocycles. The molecule has 0 bridgehead atoms. The molecule has 0 atom stereocenters. The van der Waals surface area contributed by atoms with Crippen molar-refractivity contribution in [2.45, 2.75) is 19.0 Å². The molecule has 5 nitrogen and oxygen atoms in total. The van der Waals surface area contributed by atoms with E-state index in [1.54, 1.807) is 17.0 Å². The zero-order valence-electron chi connectivity index (χ0n) is 15.6. The number of amides is 1. The minimum Gasteiger partial charge on any atom is -0.343 e. The molecule has 1 heterocycles. The normalized spacial score (nSPS) is 10.9. The second-order valence-corrected chi connectivity index (χ2v) is 7.74. The van der Waals surface area contributed by atoms with Gasteiger partial charge in [-0.15, -0.1) is 10.2 Å². The van der Waals surface area contributed by atoms with Crippen molar-refractivity contribution >= 4 is 40.9 Å². The fraction of sp³-hybridized carbons (Fsp3) is 0.250. The molecule has 2 aromatic carbocycles. The maximum atomic E-state index is 12.4. The summed E-state index contributed by atoms with van der Waals surface area (Å²) in [5.41, 5.74) is 1.62. The number of halogens is 2. The minimum absolute atomic E-state index is 0.0729. The van der Waals surface area contributed by atoms with Crippen LogP contribution < -0.4 is 0 Å². The SMILES string of the molecule is CCN(CC)C(=O)CSc1nnc(-c2ccc(Cl)cc2Cl)n1-c1ccccc1. The summed E-state index contributed by atoms with van der Waals surface area (Å²) >= 11 is 13.8. The van der Waals surface area contributed by atoms with Gasteiger partial charge >= 0.3 is 0 Å². The standard InChI is InChI=1S/C20H20Cl2N4OS/c1-3-25(4-2)18(27)13-28-20-24-23-19(16-11-10-14(21)12-17(16)22)26(20)15-8-6-5-7-9-15/h5-12H,3-4,13H2,1-2H3. The first kappa shape index (κ1) is 20.7. The molecule has 28 heavy (non-hydrogen) atoms. The molecule has 0 aliphatic rings. The van der Waals surface area contributed by atoms with Gasteiger partial charge in [-0.1, -0.05) is 53.2 Å². The van der Waals surface area contributed by atoms with Crippen LogP contribution in [0, 0.1) is 0 Å². The average molecular weight is 435 g/mol. The van der Waals surface area contributed by atoms with Crippen molar-refractivity contribution < 1.29 is 4.79 Å². The highest BCUT2D eigenvalue weighted by Gasteiger charge is 2.20. The highest BCUT2D eigenvalue weighted by Crippen LogP contribution is 2.33. The molecule has 1 aromatic heterocycles. The fourth-order valence-electron chi connectivity index (χ4n) is 2.81. The number of benzene rings is 2. The maximum Gasteiger partial charge on any atom is 0.233 e. The largest absolute Gasteiger partial charge is 0.343 e. The van der Waals surface area contributed by atoms with E-state index in [1.807, 2.05) is 54.8 Å².